The number of rotatable bonds is 2. The molecular weight excluding hydrogens is 222 g/mol. The molecule has 1 fully saturated rings. The molecule has 18 heavy (non-hydrogen) atoms. The highest BCUT2D eigenvalue weighted by molar-refractivity contribution is 5.11. The molecule has 0 spiro atoms. The van der Waals surface area contributed by atoms with E-state index in [0.717, 1.165) is 31.6 Å². The van der Waals surface area contributed by atoms with Crippen LogP contribution in [0.4, 0.5) is 0 Å². The fourth-order valence-electron chi connectivity index (χ4n) is 3.08. The van der Waals surface area contributed by atoms with Crippen molar-refractivity contribution in [1.29, 1.82) is 0 Å². The van der Waals surface area contributed by atoms with Crippen LogP contribution in [0, 0.1) is 17.3 Å². The van der Waals surface area contributed by atoms with Crippen molar-refractivity contribution in [1.82, 2.24) is 4.98 Å². The van der Waals surface area contributed by atoms with Crippen molar-refractivity contribution >= 4 is 0 Å². The van der Waals surface area contributed by atoms with Crippen molar-refractivity contribution in [3.8, 4) is 0 Å². The first-order valence-electron chi connectivity index (χ1n) is 7.04. The van der Waals surface area contributed by atoms with Crippen LogP contribution in [-0.2, 0) is 6.42 Å². The molecule has 1 saturated carbocycles. The van der Waals surface area contributed by atoms with E-state index in [9.17, 15) is 5.11 Å². The number of nitrogens with zero attached hydrogens (tertiary/aromatic N) is 1. The smallest absolute Gasteiger partial charge is 0.0571 e. The molecule has 2 rings (SSSR count). The topological polar surface area (TPSA) is 33.1 Å². The Labute approximate surface area is 110 Å². The molecule has 3 atom stereocenters. The van der Waals surface area contributed by atoms with Gasteiger partial charge in [0.25, 0.3) is 0 Å². The zero-order chi connectivity index (χ0) is 13.2. The molecule has 0 bridgehead atoms. The summed E-state index contributed by atoms with van der Waals surface area (Å²) in [6, 6.07) is 4.13. The molecule has 1 aliphatic rings. The molecule has 2 nitrogen and oxygen atoms in total. The Balaban J connectivity index is 2.02. The van der Waals surface area contributed by atoms with Crippen LogP contribution in [0.5, 0.6) is 0 Å². The minimum Gasteiger partial charge on any atom is -0.393 e. The van der Waals surface area contributed by atoms with Crippen molar-refractivity contribution in [2.75, 3.05) is 0 Å². The summed E-state index contributed by atoms with van der Waals surface area (Å²) in [6.45, 7) is 6.95. The minimum atomic E-state index is -0.128. The van der Waals surface area contributed by atoms with Crippen molar-refractivity contribution in [3.63, 3.8) is 0 Å². The SMILES string of the molecule is CC(C)(C)C1CCC(O)C(Cc2ccncc2)C1. The Hall–Kier alpha value is -0.890. The van der Waals surface area contributed by atoms with Crippen molar-refractivity contribution in [2.45, 2.75) is 52.6 Å². The molecule has 1 heterocycles. The van der Waals surface area contributed by atoms with Crippen LogP contribution in [0.1, 0.15) is 45.6 Å². The maximum Gasteiger partial charge on any atom is 0.0571 e. The average Bonchev–Trinajstić information content (AvgIpc) is 2.32. The number of pyridine rings is 1. The maximum atomic E-state index is 10.2. The van der Waals surface area contributed by atoms with E-state index in [2.05, 4.69) is 37.9 Å². The maximum absolute atomic E-state index is 10.2. The Kier molecular flexibility index (Phi) is 4.06. The molecular formula is C16H25NO. The third kappa shape index (κ3) is 3.32. The molecule has 0 aromatic carbocycles. The first-order chi connectivity index (χ1) is 8.47. The fraction of sp³-hybridized carbons (Fsp3) is 0.688. The van der Waals surface area contributed by atoms with Crippen LogP contribution < -0.4 is 0 Å². The monoisotopic (exact) mass is 247 g/mol. The average molecular weight is 247 g/mol. The van der Waals surface area contributed by atoms with E-state index >= 15 is 0 Å². The molecule has 0 radical (unpaired) electrons. The van der Waals surface area contributed by atoms with E-state index in [4.69, 9.17) is 0 Å². The lowest BCUT2D eigenvalue weighted by Crippen LogP contribution is -2.35. The van der Waals surface area contributed by atoms with Gasteiger partial charge in [-0.15, -0.1) is 0 Å². The standard InChI is InChI=1S/C16H25NO/c1-16(2,3)14-4-5-15(18)13(11-14)10-12-6-8-17-9-7-12/h6-9,13-15,18H,4-5,10-11H2,1-3H3. The van der Waals surface area contributed by atoms with Gasteiger partial charge < -0.3 is 5.11 Å². The lowest BCUT2D eigenvalue weighted by molar-refractivity contribution is 0.0196. The summed E-state index contributed by atoms with van der Waals surface area (Å²) in [4.78, 5) is 4.05. The predicted molar refractivity (Wildman–Crippen MR) is 74.2 cm³/mol. The summed E-state index contributed by atoms with van der Waals surface area (Å²) in [6.07, 6.45) is 7.80. The molecule has 1 aromatic rings. The number of aliphatic hydroxyl groups excluding tert-OH is 1. The predicted octanol–water partition coefficient (Wildman–Crippen LogP) is 3.45. The third-order valence-electron chi connectivity index (χ3n) is 4.41. The minimum absolute atomic E-state index is 0.128. The summed E-state index contributed by atoms with van der Waals surface area (Å²) in [5.74, 6) is 1.14. The molecule has 0 amide bonds. The number of hydrogen-bond acceptors (Lipinski definition) is 2. The van der Waals surface area contributed by atoms with Crippen LogP contribution in [0.3, 0.4) is 0 Å². The second kappa shape index (κ2) is 5.40. The highest BCUT2D eigenvalue weighted by Crippen LogP contribution is 2.41. The lowest BCUT2D eigenvalue weighted by Gasteiger charge is -2.40. The Morgan fingerprint density at radius 2 is 1.89 bits per heavy atom. The summed E-state index contributed by atoms with van der Waals surface area (Å²) in [5, 5.41) is 10.2. The fourth-order valence-corrected chi connectivity index (χ4v) is 3.08. The largest absolute Gasteiger partial charge is 0.393 e. The summed E-state index contributed by atoms with van der Waals surface area (Å²) >= 11 is 0. The molecule has 1 N–H and O–H groups in total. The van der Waals surface area contributed by atoms with Gasteiger partial charge in [-0.25, -0.2) is 0 Å². The molecule has 0 aliphatic heterocycles. The van der Waals surface area contributed by atoms with Gasteiger partial charge in [-0.05, 0) is 60.6 Å². The van der Waals surface area contributed by atoms with Gasteiger partial charge in [0.05, 0.1) is 6.10 Å². The van der Waals surface area contributed by atoms with Crippen LogP contribution >= 0.6 is 0 Å². The quantitative estimate of drug-likeness (QED) is 0.868. The van der Waals surface area contributed by atoms with Gasteiger partial charge >= 0.3 is 0 Å². The number of aliphatic hydroxyl groups is 1. The first-order valence-corrected chi connectivity index (χ1v) is 7.04. The van der Waals surface area contributed by atoms with Crippen molar-refractivity contribution in [2.24, 2.45) is 17.3 Å². The zero-order valence-electron chi connectivity index (χ0n) is 11.8. The first kappa shape index (κ1) is 13.5. The Morgan fingerprint density at radius 3 is 2.50 bits per heavy atom. The second-order valence-corrected chi connectivity index (χ2v) is 6.76. The molecule has 1 aliphatic carbocycles. The van der Waals surface area contributed by atoms with Crippen molar-refractivity contribution in [3.05, 3.63) is 30.1 Å². The lowest BCUT2D eigenvalue weighted by atomic mass is 9.67. The van der Waals surface area contributed by atoms with E-state index in [1.165, 1.54) is 5.56 Å². The number of hydrogen-bond donors (Lipinski definition) is 1. The normalized spacial score (nSPS) is 29.2. The van der Waals surface area contributed by atoms with Gasteiger partial charge in [0, 0.05) is 12.4 Å². The zero-order valence-corrected chi connectivity index (χ0v) is 11.8. The van der Waals surface area contributed by atoms with E-state index in [-0.39, 0.29) is 6.10 Å². The van der Waals surface area contributed by atoms with E-state index in [0.29, 0.717) is 11.3 Å². The summed E-state index contributed by atoms with van der Waals surface area (Å²) in [5.41, 5.74) is 1.65. The van der Waals surface area contributed by atoms with Gasteiger partial charge in [-0.3, -0.25) is 4.98 Å². The van der Waals surface area contributed by atoms with E-state index in [1.807, 2.05) is 12.4 Å². The van der Waals surface area contributed by atoms with E-state index < -0.39 is 0 Å². The molecule has 1 aromatic heterocycles. The van der Waals surface area contributed by atoms with Crippen LogP contribution in [0.25, 0.3) is 0 Å². The third-order valence-corrected chi connectivity index (χ3v) is 4.41. The second-order valence-electron chi connectivity index (χ2n) is 6.76. The highest BCUT2D eigenvalue weighted by atomic mass is 16.3. The summed E-state index contributed by atoms with van der Waals surface area (Å²) < 4.78 is 0. The molecule has 100 valence electrons. The molecule has 3 unspecified atom stereocenters. The number of aromatic nitrogens is 1. The highest BCUT2D eigenvalue weighted by Gasteiger charge is 2.34. The van der Waals surface area contributed by atoms with Gasteiger partial charge in [-0.2, -0.15) is 0 Å². The Bertz CT molecular complexity index is 368. The Morgan fingerprint density at radius 1 is 1.22 bits per heavy atom. The molecule has 0 saturated heterocycles. The van der Waals surface area contributed by atoms with Gasteiger partial charge in [0.2, 0.25) is 0 Å². The van der Waals surface area contributed by atoms with Crippen molar-refractivity contribution < 1.29 is 5.11 Å². The van der Waals surface area contributed by atoms with Gasteiger partial charge in [-0.1, -0.05) is 20.8 Å². The van der Waals surface area contributed by atoms with Gasteiger partial charge in [0.1, 0.15) is 0 Å². The van der Waals surface area contributed by atoms with Gasteiger partial charge in [0.15, 0.2) is 0 Å². The summed E-state index contributed by atoms with van der Waals surface area (Å²) in [7, 11) is 0. The van der Waals surface area contributed by atoms with E-state index in [1.54, 1.807) is 0 Å². The van der Waals surface area contributed by atoms with Crippen LogP contribution in [0.2, 0.25) is 0 Å². The molecule has 2 heteroatoms. The van der Waals surface area contributed by atoms with Crippen LogP contribution in [-0.4, -0.2) is 16.2 Å². The van der Waals surface area contributed by atoms with Crippen LogP contribution in [0.15, 0.2) is 24.5 Å².